The number of amides is 2. The molecule has 2 amide bonds. The molecule has 1 fully saturated rings. The molecule has 1 aromatic carbocycles. The van der Waals surface area contributed by atoms with Crippen molar-refractivity contribution in [2.75, 3.05) is 13.5 Å². The van der Waals surface area contributed by atoms with Crippen molar-refractivity contribution in [3.63, 3.8) is 0 Å². The maximum absolute atomic E-state index is 12.7. The van der Waals surface area contributed by atoms with E-state index in [1.165, 1.54) is 0 Å². The molecule has 1 aliphatic carbocycles. The van der Waals surface area contributed by atoms with E-state index in [2.05, 4.69) is 10.3 Å². The summed E-state index contributed by atoms with van der Waals surface area (Å²) in [5.74, 6) is -1.60. The Morgan fingerprint density at radius 1 is 1.22 bits per heavy atom. The molecule has 2 aliphatic rings. The van der Waals surface area contributed by atoms with Crippen molar-refractivity contribution in [2.24, 2.45) is 10.9 Å². The van der Waals surface area contributed by atoms with Crippen LogP contribution in [0.2, 0.25) is 0 Å². The van der Waals surface area contributed by atoms with Crippen LogP contribution < -0.4 is 5.32 Å². The maximum Gasteiger partial charge on any atom is 0.437 e. The summed E-state index contributed by atoms with van der Waals surface area (Å²) in [7, 11) is 0. The van der Waals surface area contributed by atoms with Gasteiger partial charge in [0.25, 0.3) is 0 Å². The van der Waals surface area contributed by atoms with E-state index in [0.717, 1.165) is 25.7 Å². The van der Waals surface area contributed by atoms with E-state index < -0.39 is 37.4 Å². The summed E-state index contributed by atoms with van der Waals surface area (Å²) < 4.78 is 34.5. The standard InChI is InChI=1S/C24H31N3O5/c1-27-16-22(29)32-20(19-14-15-19)12-8-3-2-4-9-13-21(28)25-23(27)26-24(30)31-17-18-10-6-5-7-11-18/h2,4-7,10-11,19-20H,3,8-9,12-17H2,1H3,(H,25,26,28,30)/b4-2+/i1D3. The second-order valence-corrected chi connectivity index (χ2v) is 7.92. The molecule has 1 aliphatic heterocycles. The summed E-state index contributed by atoms with van der Waals surface area (Å²) in [6.07, 6.45) is 7.19. The Hall–Kier alpha value is -3.16. The number of likely N-dealkylation sites (N-methyl/N-ethyl adjacent to an activating group) is 1. The number of allylic oxidation sites excluding steroid dienone is 2. The molecule has 172 valence electrons. The Kier molecular flexibility index (Phi) is 7.33. The number of aliphatic imine (C=N–C) groups is 1. The van der Waals surface area contributed by atoms with E-state index >= 15 is 0 Å². The number of rotatable bonds is 3. The van der Waals surface area contributed by atoms with Gasteiger partial charge in [0.2, 0.25) is 11.9 Å². The van der Waals surface area contributed by atoms with Crippen molar-refractivity contribution < 1.29 is 28.0 Å². The van der Waals surface area contributed by atoms with Crippen LogP contribution in [0.5, 0.6) is 0 Å². The monoisotopic (exact) mass is 444 g/mol. The number of cyclic esters (lactones) is 1. The molecule has 0 spiro atoms. The zero-order chi connectivity index (χ0) is 25.3. The molecule has 8 nitrogen and oxygen atoms in total. The lowest BCUT2D eigenvalue weighted by molar-refractivity contribution is -0.150. The van der Waals surface area contributed by atoms with Crippen LogP contribution in [0.3, 0.4) is 0 Å². The number of carbonyl (C=O) groups is 3. The highest BCUT2D eigenvalue weighted by Crippen LogP contribution is 2.36. The largest absolute Gasteiger partial charge is 0.461 e. The van der Waals surface area contributed by atoms with E-state index in [1.807, 2.05) is 18.2 Å². The molecule has 1 aromatic rings. The molecule has 0 aromatic heterocycles. The third-order valence-electron chi connectivity index (χ3n) is 5.19. The first-order valence-electron chi connectivity index (χ1n) is 12.4. The van der Waals surface area contributed by atoms with Crippen LogP contribution in [0.4, 0.5) is 4.79 Å². The third-order valence-corrected chi connectivity index (χ3v) is 5.19. The lowest BCUT2D eigenvalue weighted by Crippen LogP contribution is -2.45. The fourth-order valence-corrected chi connectivity index (χ4v) is 3.34. The van der Waals surface area contributed by atoms with Gasteiger partial charge in [-0.3, -0.25) is 14.9 Å². The Bertz CT molecular complexity index is 945. The number of carbonyl (C=O) groups excluding carboxylic acids is 3. The summed E-state index contributed by atoms with van der Waals surface area (Å²) in [5.41, 5.74) is 0.710. The Morgan fingerprint density at radius 3 is 2.75 bits per heavy atom. The van der Waals surface area contributed by atoms with Gasteiger partial charge in [-0.05, 0) is 50.0 Å². The second-order valence-electron chi connectivity index (χ2n) is 7.92. The lowest BCUT2D eigenvalue weighted by atomic mass is 10.1. The van der Waals surface area contributed by atoms with Gasteiger partial charge in [-0.1, -0.05) is 42.5 Å². The lowest BCUT2D eigenvalue weighted by Gasteiger charge is -2.23. The van der Waals surface area contributed by atoms with Crippen molar-refractivity contribution in [1.29, 1.82) is 0 Å². The predicted molar refractivity (Wildman–Crippen MR) is 120 cm³/mol. The molecule has 3 rings (SSSR count). The summed E-state index contributed by atoms with van der Waals surface area (Å²) >= 11 is 0. The molecule has 0 radical (unpaired) electrons. The smallest absolute Gasteiger partial charge is 0.437 e. The molecule has 1 unspecified atom stereocenters. The van der Waals surface area contributed by atoms with Crippen LogP contribution >= 0.6 is 0 Å². The minimum atomic E-state index is -2.88. The highest BCUT2D eigenvalue weighted by molar-refractivity contribution is 6.01. The number of guanidine groups is 1. The first kappa shape index (κ1) is 19.5. The van der Waals surface area contributed by atoms with Crippen molar-refractivity contribution in [3.05, 3.63) is 48.0 Å². The Balaban J connectivity index is 1.82. The Labute approximate surface area is 192 Å². The van der Waals surface area contributed by atoms with Crippen molar-refractivity contribution in [3.8, 4) is 0 Å². The zero-order valence-electron chi connectivity index (χ0n) is 21.0. The number of esters is 1. The zero-order valence-corrected chi connectivity index (χ0v) is 18.0. The maximum atomic E-state index is 12.7. The molecule has 1 atom stereocenters. The SMILES string of the molecule is [2H]C([2H])([2H])N1CC(=O)OC(C2CC2)CCC/C=C/CCC(=O)NC1=NC(=O)OCc1ccccc1. The first-order valence-corrected chi connectivity index (χ1v) is 10.9. The quantitative estimate of drug-likeness (QED) is 0.565. The molecule has 1 heterocycles. The van der Waals surface area contributed by atoms with Crippen LogP contribution in [0.25, 0.3) is 0 Å². The fourth-order valence-electron chi connectivity index (χ4n) is 3.34. The molecule has 8 heteroatoms. The number of hydrogen-bond donors (Lipinski definition) is 1. The third kappa shape index (κ3) is 8.17. The van der Waals surface area contributed by atoms with Crippen molar-refractivity contribution in [1.82, 2.24) is 10.2 Å². The summed E-state index contributed by atoms with van der Waals surface area (Å²) in [6, 6.07) is 8.87. The molecule has 0 bridgehead atoms. The number of nitrogens with zero attached hydrogens (tertiary/aromatic N) is 2. The number of ether oxygens (including phenoxy) is 2. The highest BCUT2D eigenvalue weighted by Gasteiger charge is 2.34. The van der Waals surface area contributed by atoms with Gasteiger partial charge in [-0.2, -0.15) is 0 Å². The minimum absolute atomic E-state index is 0.0541. The van der Waals surface area contributed by atoms with Crippen LogP contribution in [0, 0.1) is 5.92 Å². The summed E-state index contributed by atoms with van der Waals surface area (Å²) in [6.45, 7) is -3.68. The average molecular weight is 445 g/mol. The fraction of sp³-hybridized carbons (Fsp3) is 0.500. The van der Waals surface area contributed by atoms with Gasteiger partial charge in [0.05, 0.1) is 0 Å². The van der Waals surface area contributed by atoms with Crippen LogP contribution in [0.1, 0.15) is 54.6 Å². The van der Waals surface area contributed by atoms with E-state index in [1.54, 1.807) is 24.3 Å². The van der Waals surface area contributed by atoms with Crippen LogP contribution in [-0.2, 0) is 25.7 Å². The van der Waals surface area contributed by atoms with Gasteiger partial charge >= 0.3 is 12.1 Å². The number of hydrogen-bond acceptors (Lipinski definition) is 5. The van der Waals surface area contributed by atoms with Gasteiger partial charge in [0.1, 0.15) is 19.3 Å². The van der Waals surface area contributed by atoms with Gasteiger partial charge in [-0.15, -0.1) is 4.99 Å². The van der Waals surface area contributed by atoms with Gasteiger partial charge in [-0.25, -0.2) is 4.79 Å². The van der Waals surface area contributed by atoms with E-state index in [0.29, 0.717) is 23.3 Å². The summed E-state index contributed by atoms with van der Waals surface area (Å²) in [5, 5.41) is 2.37. The van der Waals surface area contributed by atoms with E-state index in [9.17, 15) is 14.4 Å². The van der Waals surface area contributed by atoms with Crippen molar-refractivity contribution >= 4 is 23.9 Å². The topological polar surface area (TPSA) is 97.3 Å². The number of nitrogens with one attached hydrogen (secondary N) is 1. The molecule has 0 saturated heterocycles. The van der Waals surface area contributed by atoms with Gasteiger partial charge in [0.15, 0.2) is 0 Å². The second kappa shape index (κ2) is 12.0. The predicted octanol–water partition coefficient (Wildman–Crippen LogP) is 3.57. The summed E-state index contributed by atoms with van der Waals surface area (Å²) in [4.78, 5) is 41.9. The molecular formula is C24H31N3O5. The van der Waals surface area contributed by atoms with Crippen LogP contribution in [0.15, 0.2) is 47.5 Å². The molecule has 32 heavy (non-hydrogen) atoms. The van der Waals surface area contributed by atoms with Crippen LogP contribution in [-0.4, -0.2) is 48.5 Å². The average Bonchev–Trinajstić information content (AvgIpc) is 3.64. The highest BCUT2D eigenvalue weighted by atomic mass is 16.5. The first-order chi connectivity index (χ1) is 16.7. The molecule has 1 N–H and O–H groups in total. The molecule has 1 saturated carbocycles. The van der Waals surface area contributed by atoms with Gasteiger partial charge in [0, 0.05) is 17.5 Å². The van der Waals surface area contributed by atoms with E-state index in [-0.39, 0.29) is 25.0 Å². The van der Waals surface area contributed by atoms with Crippen molar-refractivity contribution in [2.45, 2.75) is 57.7 Å². The Morgan fingerprint density at radius 2 is 2.00 bits per heavy atom. The minimum Gasteiger partial charge on any atom is -0.461 e. The van der Waals surface area contributed by atoms with E-state index in [4.69, 9.17) is 13.6 Å². The van der Waals surface area contributed by atoms with Gasteiger partial charge < -0.3 is 14.4 Å². The molecular weight excluding hydrogens is 410 g/mol. The normalized spacial score (nSPS) is 25.2. The number of benzene rings is 1.